The highest BCUT2D eigenvalue weighted by atomic mass is 32.2. The number of carbonyl (C=O) groups is 2. The van der Waals surface area contributed by atoms with Gasteiger partial charge in [-0.05, 0) is 42.7 Å². The molecular weight excluding hydrogens is 352 g/mol. The summed E-state index contributed by atoms with van der Waals surface area (Å²) in [6.45, 7) is 3.81. The standard InChI is InChI=1S/C19H20N2O4S/c1-4-13-5-7-14(8-6-13)12(2)20-26(24,25)15-9-10-16-17(11-15)19(23)21(3)18(16)22/h5-12,20H,4H2,1-3H3. The van der Waals surface area contributed by atoms with Gasteiger partial charge in [0.15, 0.2) is 0 Å². The van der Waals surface area contributed by atoms with Crippen LogP contribution in [0.4, 0.5) is 0 Å². The van der Waals surface area contributed by atoms with Crippen molar-refractivity contribution in [2.24, 2.45) is 0 Å². The van der Waals surface area contributed by atoms with E-state index in [0.717, 1.165) is 16.9 Å². The fourth-order valence-electron chi connectivity index (χ4n) is 2.92. The first-order valence-electron chi connectivity index (χ1n) is 8.32. The van der Waals surface area contributed by atoms with Gasteiger partial charge in [0.1, 0.15) is 0 Å². The van der Waals surface area contributed by atoms with E-state index in [1.807, 2.05) is 24.3 Å². The van der Waals surface area contributed by atoms with Crippen LogP contribution < -0.4 is 4.72 Å². The van der Waals surface area contributed by atoms with Crippen molar-refractivity contribution in [2.45, 2.75) is 31.2 Å². The van der Waals surface area contributed by atoms with E-state index in [9.17, 15) is 18.0 Å². The molecule has 0 saturated heterocycles. The lowest BCUT2D eigenvalue weighted by molar-refractivity contribution is 0.0693. The van der Waals surface area contributed by atoms with Crippen LogP contribution in [0.3, 0.4) is 0 Å². The summed E-state index contributed by atoms with van der Waals surface area (Å²) in [4.78, 5) is 24.9. The van der Waals surface area contributed by atoms with Gasteiger partial charge >= 0.3 is 0 Å². The topological polar surface area (TPSA) is 83.6 Å². The number of imide groups is 1. The van der Waals surface area contributed by atoms with Gasteiger partial charge in [0, 0.05) is 13.1 Å². The lowest BCUT2D eigenvalue weighted by Gasteiger charge is -2.15. The molecule has 0 bridgehead atoms. The molecule has 0 spiro atoms. The smallest absolute Gasteiger partial charge is 0.261 e. The van der Waals surface area contributed by atoms with Crippen molar-refractivity contribution in [3.8, 4) is 0 Å². The molecule has 7 heteroatoms. The Morgan fingerprint density at radius 3 is 2.23 bits per heavy atom. The predicted octanol–water partition coefficient (Wildman–Crippen LogP) is 2.51. The Bertz CT molecular complexity index is 981. The molecule has 2 aromatic rings. The molecule has 6 nitrogen and oxygen atoms in total. The number of aryl methyl sites for hydroxylation is 1. The minimum atomic E-state index is -3.84. The largest absolute Gasteiger partial charge is 0.277 e. The zero-order valence-corrected chi connectivity index (χ0v) is 15.6. The van der Waals surface area contributed by atoms with Gasteiger partial charge in [-0.15, -0.1) is 0 Å². The SMILES string of the molecule is CCc1ccc(C(C)NS(=O)(=O)c2ccc3c(c2)C(=O)N(C)C3=O)cc1. The molecule has 0 aliphatic carbocycles. The van der Waals surface area contributed by atoms with Crippen LogP contribution in [0.1, 0.15) is 51.7 Å². The Balaban J connectivity index is 1.87. The Kier molecular flexibility index (Phi) is 4.68. The molecule has 1 heterocycles. The number of hydrogen-bond donors (Lipinski definition) is 1. The van der Waals surface area contributed by atoms with E-state index in [1.54, 1.807) is 6.92 Å². The minimum absolute atomic E-state index is 0.0373. The second-order valence-corrected chi connectivity index (χ2v) is 8.03. The Hall–Kier alpha value is -2.51. The second kappa shape index (κ2) is 6.66. The highest BCUT2D eigenvalue weighted by Gasteiger charge is 2.34. The lowest BCUT2D eigenvalue weighted by atomic mass is 10.1. The molecule has 136 valence electrons. The van der Waals surface area contributed by atoms with Crippen LogP contribution in [-0.2, 0) is 16.4 Å². The fraction of sp³-hybridized carbons (Fsp3) is 0.263. The average molecular weight is 372 g/mol. The number of sulfonamides is 1. The van der Waals surface area contributed by atoms with Crippen molar-refractivity contribution >= 4 is 21.8 Å². The van der Waals surface area contributed by atoms with Gasteiger partial charge in [-0.1, -0.05) is 31.2 Å². The quantitative estimate of drug-likeness (QED) is 0.818. The summed E-state index contributed by atoms with van der Waals surface area (Å²) in [5.41, 5.74) is 2.35. The summed E-state index contributed by atoms with van der Waals surface area (Å²) in [7, 11) is -2.46. The van der Waals surface area contributed by atoms with Gasteiger partial charge in [-0.25, -0.2) is 13.1 Å². The van der Waals surface area contributed by atoms with Gasteiger partial charge in [-0.2, -0.15) is 0 Å². The third-order valence-corrected chi connectivity index (χ3v) is 6.13. The molecule has 0 radical (unpaired) electrons. The number of carbonyl (C=O) groups excluding carboxylic acids is 2. The fourth-order valence-corrected chi connectivity index (χ4v) is 4.18. The van der Waals surface area contributed by atoms with Crippen LogP contribution in [0.5, 0.6) is 0 Å². The highest BCUT2D eigenvalue weighted by Crippen LogP contribution is 2.25. The number of fused-ring (bicyclic) bond motifs is 1. The predicted molar refractivity (Wildman–Crippen MR) is 97.4 cm³/mol. The van der Waals surface area contributed by atoms with Crippen LogP contribution in [0.25, 0.3) is 0 Å². The van der Waals surface area contributed by atoms with Crippen LogP contribution in [0, 0.1) is 0 Å². The van der Waals surface area contributed by atoms with Crippen molar-refractivity contribution in [3.63, 3.8) is 0 Å². The molecule has 1 aliphatic heterocycles. The Morgan fingerprint density at radius 2 is 1.62 bits per heavy atom. The van der Waals surface area contributed by atoms with Gasteiger partial charge in [0.05, 0.1) is 16.0 Å². The maximum absolute atomic E-state index is 12.7. The van der Waals surface area contributed by atoms with E-state index >= 15 is 0 Å². The molecule has 1 N–H and O–H groups in total. The number of amides is 2. The molecule has 1 unspecified atom stereocenters. The van der Waals surface area contributed by atoms with Gasteiger partial charge < -0.3 is 0 Å². The normalized spacial score (nSPS) is 15.3. The van der Waals surface area contributed by atoms with Crippen LogP contribution in [-0.4, -0.2) is 32.2 Å². The summed E-state index contributed by atoms with van der Waals surface area (Å²) in [5, 5.41) is 0. The van der Waals surface area contributed by atoms with Crippen LogP contribution in [0.2, 0.25) is 0 Å². The molecule has 0 saturated carbocycles. The van der Waals surface area contributed by atoms with Crippen LogP contribution >= 0.6 is 0 Å². The molecule has 0 fully saturated rings. The Morgan fingerprint density at radius 1 is 1.00 bits per heavy atom. The van der Waals surface area contributed by atoms with E-state index in [1.165, 1.54) is 30.8 Å². The van der Waals surface area contributed by atoms with E-state index in [-0.39, 0.29) is 16.0 Å². The van der Waals surface area contributed by atoms with Crippen LogP contribution in [0.15, 0.2) is 47.4 Å². The Labute approximate surface area is 152 Å². The number of nitrogens with zero attached hydrogens (tertiary/aromatic N) is 1. The zero-order chi connectivity index (χ0) is 19.1. The highest BCUT2D eigenvalue weighted by molar-refractivity contribution is 7.89. The monoisotopic (exact) mass is 372 g/mol. The van der Waals surface area contributed by atoms with E-state index in [0.29, 0.717) is 0 Å². The maximum atomic E-state index is 12.7. The number of nitrogens with one attached hydrogen (secondary N) is 1. The summed E-state index contributed by atoms with van der Waals surface area (Å²) in [5.74, 6) is -0.920. The molecule has 26 heavy (non-hydrogen) atoms. The first-order chi connectivity index (χ1) is 12.2. The van der Waals surface area contributed by atoms with E-state index in [2.05, 4.69) is 11.6 Å². The zero-order valence-electron chi connectivity index (χ0n) is 14.8. The molecule has 2 aromatic carbocycles. The number of hydrogen-bond acceptors (Lipinski definition) is 4. The van der Waals surface area contributed by atoms with E-state index in [4.69, 9.17) is 0 Å². The third kappa shape index (κ3) is 3.15. The van der Waals surface area contributed by atoms with E-state index < -0.39 is 27.9 Å². The van der Waals surface area contributed by atoms with Crippen molar-refractivity contribution in [1.29, 1.82) is 0 Å². The summed E-state index contributed by atoms with van der Waals surface area (Å²) in [6, 6.07) is 11.3. The number of rotatable bonds is 5. The summed E-state index contributed by atoms with van der Waals surface area (Å²) < 4.78 is 28.0. The van der Waals surface area contributed by atoms with Gasteiger partial charge in [0.25, 0.3) is 11.8 Å². The van der Waals surface area contributed by atoms with Crippen molar-refractivity contribution < 1.29 is 18.0 Å². The summed E-state index contributed by atoms with van der Waals surface area (Å²) in [6.07, 6.45) is 0.913. The van der Waals surface area contributed by atoms with Gasteiger partial charge in [-0.3, -0.25) is 14.5 Å². The second-order valence-electron chi connectivity index (χ2n) is 6.31. The molecule has 0 aromatic heterocycles. The molecule has 2 amide bonds. The first kappa shape index (κ1) is 18.3. The molecular formula is C19H20N2O4S. The minimum Gasteiger partial charge on any atom is -0.277 e. The van der Waals surface area contributed by atoms with Crippen molar-refractivity contribution in [2.75, 3.05) is 7.05 Å². The molecule has 1 atom stereocenters. The molecule has 3 rings (SSSR count). The number of benzene rings is 2. The maximum Gasteiger partial charge on any atom is 0.261 e. The third-order valence-electron chi connectivity index (χ3n) is 4.59. The lowest BCUT2D eigenvalue weighted by Crippen LogP contribution is -2.27. The summed E-state index contributed by atoms with van der Waals surface area (Å²) >= 11 is 0. The van der Waals surface area contributed by atoms with Gasteiger partial charge in [0.2, 0.25) is 10.0 Å². The first-order valence-corrected chi connectivity index (χ1v) is 9.80. The average Bonchev–Trinajstić information content (AvgIpc) is 2.85. The van der Waals surface area contributed by atoms with Crippen molar-refractivity contribution in [1.82, 2.24) is 9.62 Å². The molecule has 1 aliphatic rings. The van der Waals surface area contributed by atoms with Crippen molar-refractivity contribution in [3.05, 3.63) is 64.7 Å².